The fourth-order valence-electron chi connectivity index (χ4n) is 1.57. The molecule has 0 aliphatic carbocycles. The largest absolute Gasteiger partial charge is 0.493 e. The van der Waals surface area contributed by atoms with Gasteiger partial charge in [0.15, 0.2) is 11.5 Å². The highest BCUT2D eigenvalue weighted by Gasteiger charge is 2.10. The number of benzene rings is 1. The molecule has 1 aromatic carbocycles. The lowest BCUT2D eigenvalue weighted by Crippen LogP contribution is -2.14. The van der Waals surface area contributed by atoms with E-state index in [9.17, 15) is 0 Å². The molecule has 0 unspecified atom stereocenters. The minimum atomic E-state index is 0.586. The molecule has 0 atom stereocenters. The van der Waals surface area contributed by atoms with Gasteiger partial charge in [-0.25, -0.2) is 0 Å². The summed E-state index contributed by atoms with van der Waals surface area (Å²) in [6.45, 7) is 3.70. The van der Waals surface area contributed by atoms with Crippen LogP contribution in [0.3, 0.4) is 0 Å². The van der Waals surface area contributed by atoms with E-state index in [-0.39, 0.29) is 0 Å². The molecule has 4 nitrogen and oxygen atoms in total. The van der Waals surface area contributed by atoms with Crippen LogP contribution in [-0.4, -0.2) is 20.8 Å². The van der Waals surface area contributed by atoms with E-state index in [0.29, 0.717) is 23.6 Å². The number of methoxy groups -OCH3 is 2. The van der Waals surface area contributed by atoms with E-state index < -0.39 is 0 Å². The Morgan fingerprint density at radius 2 is 1.88 bits per heavy atom. The molecule has 4 heteroatoms. The molecule has 0 radical (unpaired) electrons. The van der Waals surface area contributed by atoms with Crippen LogP contribution in [0.25, 0.3) is 0 Å². The van der Waals surface area contributed by atoms with Gasteiger partial charge in [-0.15, -0.1) is 0 Å². The molecule has 1 N–H and O–H groups in total. The first-order valence-electron chi connectivity index (χ1n) is 5.62. The van der Waals surface area contributed by atoms with E-state index >= 15 is 0 Å². The first-order chi connectivity index (χ1) is 8.26. The Bertz CT molecular complexity index is 411. The van der Waals surface area contributed by atoms with E-state index in [1.807, 2.05) is 6.07 Å². The average Bonchev–Trinajstić information content (AvgIpc) is 2.38. The minimum Gasteiger partial charge on any atom is -0.493 e. The predicted octanol–water partition coefficient (Wildman–Crippen LogP) is 2.08. The van der Waals surface area contributed by atoms with Gasteiger partial charge in [-0.2, -0.15) is 5.26 Å². The van der Waals surface area contributed by atoms with Gasteiger partial charge in [-0.1, -0.05) is 6.92 Å². The lowest BCUT2D eigenvalue weighted by Gasteiger charge is -2.12. The van der Waals surface area contributed by atoms with Crippen LogP contribution < -0.4 is 14.8 Å². The van der Waals surface area contributed by atoms with E-state index in [0.717, 1.165) is 18.5 Å². The molecule has 0 aliphatic heterocycles. The number of nitrogens with zero attached hydrogens (tertiary/aromatic N) is 1. The van der Waals surface area contributed by atoms with Crippen molar-refractivity contribution in [3.8, 4) is 17.6 Å². The van der Waals surface area contributed by atoms with Crippen molar-refractivity contribution in [2.24, 2.45) is 0 Å². The van der Waals surface area contributed by atoms with Crippen LogP contribution >= 0.6 is 0 Å². The molecular formula is C13H18N2O2. The lowest BCUT2D eigenvalue weighted by molar-refractivity contribution is 0.354. The number of nitrogens with one attached hydrogen (secondary N) is 1. The van der Waals surface area contributed by atoms with Crippen molar-refractivity contribution < 1.29 is 9.47 Å². The Balaban J connectivity index is 2.98. The van der Waals surface area contributed by atoms with Crippen molar-refractivity contribution in [1.29, 1.82) is 5.26 Å². The van der Waals surface area contributed by atoms with Crippen molar-refractivity contribution in [3.05, 3.63) is 23.3 Å². The molecule has 17 heavy (non-hydrogen) atoms. The van der Waals surface area contributed by atoms with Crippen LogP contribution in [0.5, 0.6) is 11.5 Å². The Hall–Kier alpha value is -1.73. The van der Waals surface area contributed by atoms with Gasteiger partial charge in [0, 0.05) is 12.6 Å². The first kappa shape index (κ1) is 13.3. The maximum absolute atomic E-state index is 9.08. The topological polar surface area (TPSA) is 54.3 Å². The molecule has 0 amide bonds. The van der Waals surface area contributed by atoms with Gasteiger partial charge in [0.1, 0.15) is 0 Å². The number of hydrogen-bond donors (Lipinski definition) is 1. The molecule has 0 aromatic heterocycles. The van der Waals surface area contributed by atoms with E-state index in [1.54, 1.807) is 20.3 Å². The third kappa shape index (κ3) is 3.36. The summed E-state index contributed by atoms with van der Waals surface area (Å²) < 4.78 is 10.4. The molecule has 0 heterocycles. The van der Waals surface area contributed by atoms with Crippen molar-refractivity contribution in [3.63, 3.8) is 0 Å². The van der Waals surface area contributed by atoms with Crippen LogP contribution in [-0.2, 0) is 6.54 Å². The Labute approximate surface area is 102 Å². The number of rotatable bonds is 6. The molecule has 0 fully saturated rings. The van der Waals surface area contributed by atoms with Gasteiger partial charge in [-0.3, -0.25) is 0 Å². The van der Waals surface area contributed by atoms with Gasteiger partial charge < -0.3 is 14.8 Å². The molecule has 92 valence electrons. The number of ether oxygens (including phenoxy) is 2. The predicted molar refractivity (Wildman–Crippen MR) is 66.3 cm³/mol. The van der Waals surface area contributed by atoms with Crippen LogP contribution in [0.1, 0.15) is 24.5 Å². The van der Waals surface area contributed by atoms with Crippen LogP contribution in [0.4, 0.5) is 0 Å². The second kappa shape index (κ2) is 6.77. The minimum absolute atomic E-state index is 0.586. The SMILES string of the molecule is CCCNCc1cc(OC)c(OC)cc1C#N. The quantitative estimate of drug-likeness (QED) is 0.766. The van der Waals surface area contributed by atoms with Gasteiger partial charge in [-0.05, 0) is 24.6 Å². The van der Waals surface area contributed by atoms with Crippen molar-refractivity contribution in [1.82, 2.24) is 5.32 Å². The highest BCUT2D eigenvalue weighted by molar-refractivity contribution is 5.51. The lowest BCUT2D eigenvalue weighted by atomic mass is 10.1. The standard InChI is InChI=1S/C13H18N2O2/c1-4-5-15-9-11-7-13(17-3)12(16-2)6-10(11)8-14/h6-7,15H,4-5,9H2,1-3H3. The zero-order valence-electron chi connectivity index (χ0n) is 10.5. The third-order valence-corrected chi connectivity index (χ3v) is 2.47. The summed E-state index contributed by atoms with van der Waals surface area (Å²) in [6.07, 6.45) is 1.06. The highest BCUT2D eigenvalue weighted by Crippen LogP contribution is 2.30. The fourth-order valence-corrected chi connectivity index (χ4v) is 1.57. The van der Waals surface area contributed by atoms with Gasteiger partial charge >= 0.3 is 0 Å². The summed E-state index contributed by atoms with van der Waals surface area (Å²) in [4.78, 5) is 0. The molecule has 0 spiro atoms. The molecular weight excluding hydrogens is 216 g/mol. The first-order valence-corrected chi connectivity index (χ1v) is 5.62. The maximum Gasteiger partial charge on any atom is 0.162 e. The van der Waals surface area contributed by atoms with E-state index in [1.165, 1.54) is 0 Å². The second-order valence-corrected chi connectivity index (χ2v) is 3.65. The van der Waals surface area contributed by atoms with Gasteiger partial charge in [0.2, 0.25) is 0 Å². The number of nitriles is 1. The van der Waals surface area contributed by atoms with Crippen LogP contribution in [0.15, 0.2) is 12.1 Å². The summed E-state index contributed by atoms with van der Waals surface area (Å²) in [5, 5.41) is 12.4. The summed E-state index contributed by atoms with van der Waals surface area (Å²) in [5.74, 6) is 1.24. The maximum atomic E-state index is 9.08. The molecule has 0 saturated heterocycles. The third-order valence-electron chi connectivity index (χ3n) is 2.47. The molecule has 0 bridgehead atoms. The molecule has 0 saturated carbocycles. The normalized spacial score (nSPS) is 9.76. The van der Waals surface area contributed by atoms with Crippen LogP contribution in [0, 0.1) is 11.3 Å². The Kier molecular flexibility index (Phi) is 5.31. The van der Waals surface area contributed by atoms with Crippen molar-refractivity contribution in [2.45, 2.75) is 19.9 Å². The molecule has 1 aromatic rings. The fraction of sp³-hybridized carbons (Fsp3) is 0.462. The second-order valence-electron chi connectivity index (χ2n) is 3.65. The smallest absolute Gasteiger partial charge is 0.162 e. The summed E-state index contributed by atoms with van der Waals surface area (Å²) in [7, 11) is 3.15. The van der Waals surface area contributed by atoms with E-state index in [4.69, 9.17) is 14.7 Å². The van der Waals surface area contributed by atoms with E-state index in [2.05, 4.69) is 18.3 Å². The Morgan fingerprint density at radius 1 is 1.24 bits per heavy atom. The van der Waals surface area contributed by atoms with Crippen molar-refractivity contribution >= 4 is 0 Å². The van der Waals surface area contributed by atoms with Gasteiger partial charge in [0.25, 0.3) is 0 Å². The average molecular weight is 234 g/mol. The summed E-state index contributed by atoms with van der Waals surface area (Å²) in [5.41, 5.74) is 1.55. The zero-order chi connectivity index (χ0) is 12.7. The monoisotopic (exact) mass is 234 g/mol. The molecule has 1 rings (SSSR count). The summed E-state index contributed by atoms with van der Waals surface area (Å²) >= 11 is 0. The Morgan fingerprint density at radius 3 is 2.41 bits per heavy atom. The number of hydrogen-bond acceptors (Lipinski definition) is 4. The van der Waals surface area contributed by atoms with Gasteiger partial charge in [0.05, 0.1) is 25.9 Å². The van der Waals surface area contributed by atoms with Crippen molar-refractivity contribution in [2.75, 3.05) is 20.8 Å². The zero-order valence-corrected chi connectivity index (χ0v) is 10.5. The van der Waals surface area contributed by atoms with Crippen LogP contribution in [0.2, 0.25) is 0 Å². The highest BCUT2D eigenvalue weighted by atomic mass is 16.5. The summed E-state index contributed by atoms with van der Waals surface area (Å²) in [6, 6.07) is 5.73. The molecule has 0 aliphatic rings.